The molecule has 1 saturated heterocycles. The van der Waals surface area contributed by atoms with E-state index in [2.05, 4.69) is 9.82 Å². The molecule has 0 spiro atoms. The number of aromatic nitrogens is 2. The third-order valence-corrected chi connectivity index (χ3v) is 8.58. The van der Waals surface area contributed by atoms with Crippen molar-refractivity contribution >= 4 is 38.4 Å². The van der Waals surface area contributed by atoms with E-state index in [1.807, 2.05) is 4.90 Å². The van der Waals surface area contributed by atoms with Crippen molar-refractivity contribution < 1.29 is 26.4 Å². The normalized spacial score (nSPS) is 17.5. The summed E-state index contributed by atoms with van der Waals surface area (Å²) in [5.41, 5.74) is 1.46. The maximum atomic E-state index is 13.1. The number of carbonyl (C=O) groups is 1. The lowest BCUT2D eigenvalue weighted by molar-refractivity contribution is -0.137. The zero-order valence-electron chi connectivity index (χ0n) is 18.6. The van der Waals surface area contributed by atoms with Crippen LogP contribution in [0.15, 0.2) is 36.4 Å². The number of rotatable bonds is 6. The van der Waals surface area contributed by atoms with Crippen LogP contribution in [0.3, 0.4) is 0 Å². The maximum absolute atomic E-state index is 13.1. The number of carbonyl (C=O) groups excluding carboxylic acids is 1. The number of sulfonamides is 1. The topological polar surface area (TPSA) is 84.3 Å². The molecule has 0 atom stereocenters. The van der Waals surface area contributed by atoms with Gasteiger partial charge in [0.1, 0.15) is 0 Å². The van der Waals surface area contributed by atoms with Crippen LogP contribution in [0.4, 0.5) is 13.2 Å². The highest BCUT2D eigenvalue weighted by Crippen LogP contribution is 2.37. The van der Waals surface area contributed by atoms with E-state index in [1.165, 1.54) is 6.07 Å². The van der Waals surface area contributed by atoms with Crippen molar-refractivity contribution in [1.82, 2.24) is 19.4 Å². The number of amides is 1. The zero-order valence-corrected chi connectivity index (χ0v) is 20.2. The highest BCUT2D eigenvalue weighted by atomic mass is 35.5. The van der Waals surface area contributed by atoms with Gasteiger partial charge in [-0.3, -0.25) is 14.4 Å². The standard InChI is InChI=1S/C23H22ClF3N4O3S/c1-30-20-9-14(22(32)29-35(33,34)16-4-5-16)3-6-17(20)21(28-30)15-11-31(12-15)10-13-2-7-19(24)18(8-13)23(25,26)27/h2-3,6-9,15-16H,4-5,10-12H2,1H3,(H,29,32). The molecular weight excluding hydrogens is 505 g/mol. The fraction of sp³-hybridized carbons (Fsp3) is 0.391. The third-order valence-electron chi connectivity index (χ3n) is 6.43. The monoisotopic (exact) mass is 526 g/mol. The van der Waals surface area contributed by atoms with E-state index in [9.17, 15) is 26.4 Å². The lowest BCUT2D eigenvalue weighted by atomic mass is 9.93. The summed E-state index contributed by atoms with van der Waals surface area (Å²) in [5, 5.41) is 4.64. The highest BCUT2D eigenvalue weighted by Gasteiger charge is 2.37. The smallest absolute Gasteiger partial charge is 0.298 e. The van der Waals surface area contributed by atoms with Gasteiger partial charge in [-0.2, -0.15) is 18.3 Å². The number of fused-ring (bicyclic) bond motifs is 1. The van der Waals surface area contributed by atoms with Crippen molar-refractivity contribution in [2.24, 2.45) is 7.05 Å². The Balaban J connectivity index is 1.28. The molecular formula is C23H22ClF3N4O3S. The molecule has 1 aromatic heterocycles. The number of hydrogen-bond acceptors (Lipinski definition) is 5. The summed E-state index contributed by atoms with van der Waals surface area (Å²) in [6, 6.07) is 8.90. The van der Waals surface area contributed by atoms with Gasteiger partial charge in [-0.1, -0.05) is 23.7 Å². The summed E-state index contributed by atoms with van der Waals surface area (Å²) in [7, 11) is -1.90. The minimum absolute atomic E-state index is 0.0861. The first kappa shape index (κ1) is 24.1. The molecule has 0 unspecified atom stereocenters. The summed E-state index contributed by atoms with van der Waals surface area (Å²) >= 11 is 5.71. The molecule has 7 nitrogen and oxygen atoms in total. The Labute approximate surface area is 204 Å². The number of nitrogens with one attached hydrogen (secondary N) is 1. The first-order valence-electron chi connectivity index (χ1n) is 11.0. The van der Waals surface area contributed by atoms with Crippen LogP contribution in [-0.2, 0) is 29.8 Å². The summed E-state index contributed by atoms with van der Waals surface area (Å²) in [6.07, 6.45) is -3.38. The largest absolute Gasteiger partial charge is 0.417 e. The molecule has 1 N–H and O–H groups in total. The van der Waals surface area contributed by atoms with Crippen LogP contribution < -0.4 is 4.72 Å². The van der Waals surface area contributed by atoms with Gasteiger partial charge in [-0.15, -0.1) is 0 Å². The van der Waals surface area contributed by atoms with Crippen LogP contribution >= 0.6 is 11.6 Å². The lowest BCUT2D eigenvalue weighted by Gasteiger charge is -2.38. The van der Waals surface area contributed by atoms with Gasteiger partial charge in [0.15, 0.2) is 0 Å². The summed E-state index contributed by atoms with van der Waals surface area (Å²) in [6.45, 7) is 1.61. The molecule has 1 saturated carbocycles. The van der Waals surface area contributed by atoms with Gasteiger partial charge in [0, 0.05) is 43.5 Å². The number of hydrogen-bond donors (Lipinski definition) is 1. The van der Waals surface area contributed by atoms with E-state index >= 15 is 0 Å². The lowest BCUT2D eigenvalue weighted by Crippen LogP contribution is -2.44. The molecule has 0 radical (unpaired) electrons. The highest BCUT2D eigenvalue weighted by molar-refractivity contribution is 7.91. The SMILES string of the molecule is Cn1nc(C2CN(Cc3ccc(Cl)c(C(F)(F)F)c3)C2)c2ccc(C(=O)NS(=O)(=O)C3CC3)cc21. The average molecular weight is 527 g/mol. The fourth-order valence-electron chi connectivity index (χ4n) is 4.40. The van der Waals surface area contributed by atoms with E-state index < -0.39 is 32.9 Å². The second-order valence-corrected chi connectivity index (χ2v) is 11.5. The van der Waals surface area contributed by atoms with Crippen LogP contribution in [0.1, 0.15) is 45.9 Å². The molecule has 2 fully saturated rings. The quantitative estimate of drug-likeness (QED) is 0.523. The van der Waals surface area contributed by atoms with Crippen LogP contribution in [-0.4, -0.2) is 47.3 Å². The minimum atomic E-state index is -4.50. The molecule has 2 heterocycles. The molecule has 3 aromatic rings. The Hall–Kier alpha value is -2.63. The predicted molar refractivity (Wildman–Crippen MR) is 125 cm³/mol. The van der Waals surface area contributed by atoms with Crippen LogP contribution in [0, 0.1) is 0 Å². The van der Waals surface area contributed by atoms with Crippen LogP contribution in [0.5, 0.6) is 0 Å². The van der Waals surface area contributed by atoms with E-state index in [0.717, 1.165) is 17.1 Å². The Kier molecular flexibility index (Phi) is 5.84. The fourth-order valence-corrected chi connectivity index (χ4v) is 5.92. The van der Waals surface area contributed by atoms with Crippen molar-refractivity contribution in [2.75, 3.05) is 13.1 Å². The molecule has 2 aromatic carbocycles. The maximum Gasteiger partial charge on any atom is 0.417 e. The number of alkyl halides is 3. The molecule has 1 aliphatic heterocycles. The van der Waals surface area contributed by atoms with E-state index in [-0.39, 0.29) is 16.5 Å². The Morgan fingerprint density at radius 2 is 1.89 bits per heavy atom. The van der Waals surface area contributed by atoms with E-state index in [1.54, 1.807) is 36.0 Å². The van der Waals surface area contributed by atoms with Crippen LogP contribution in [0.2, 0.25) is 5.02 Å². The van der Waals surface area contributed by atoms with Gasteiger partial charge in [0.05, 0.1) is 27.0 Å². The molecule has 5 rings (SSSR count). The summed E-state index contributed by atoms with van der Waals surface area (Å²) < 4.78 is 67.3. The number of nitrogens with zero attached hydrogens (tertiary/aromatic N) is 3. The first-order chi connectivity index (χ1) is 16.4. The van der Waals surface area contributed by atoms with Crippen molar-refractivity contribution in [2.45, 2.75) is 36.7 Å². The van der Waals surface area contributed by atoms with Gasteiger partial charge < -0.3 is 0 Å². The molecule has 35 heavy (non-hydrogen) atoms. The van der Waals surface area contributed by atoms with Crippen molar-refractivity contribution in [1.29, 1.82) is 0 Å². The Morgan fingerprint density at radius 1 is 1.17 bits per heavy atom. The van der Waals surface area contributed by atoms with Crippen LogP contribution in [0.25, 0.3) is 10.9 Å². The molecule has 2 aliphatic rings. The average Bonchev–Trinajstić information content (AvgIpc) is 3.56. The molecule has 1 amide bonds. The number of aryl methyl sites for hydroxylation is 1. The minimum Gasteiger partial charge on any atom is -0.298 e. The second-order valence-electron chi connectivity index (χ2n) is 9.12. The van der Waals surface area contributed by atoms with Crippen molar-refractivity contribution in [3.63, 3.8) is 0 Å². The second kappa shape index (κ2) is 8.49. The van der Waals surface area contributed by atoms with E-state index in [0.29, 0.717) is 43.6 Å². The molecule has 186 valence electrons. The number of halogens is 4. The predicted octanol–water partition coefficient (Wildman–Crippen LogP) is 4.07. The number of likely N-dealkylation sites (tertiary alicyclic amines) is 1. The molecule has 12 heteroatoms. The van der Waals surface area contributed by atoms with Gasteiger partial charge in [0.2, 0.25) is 10.0 Å². The van der Waals surface area contributed by atoms with E-state index in [4.69, 9.17) is 11.6 Å². The zero-order chi connectivity index (χ0) is 25.1. The van der Waals surface area contributed by atoms with Gasteiger partial charge >= 0.3 is 6.18 Å². The van der Waals surface area contributed by atoms with Crippen molar-refractivity contribution in [3.8, 4) is 0 Å². The van der Waals surface area contributed by atoms with Gasteiger partial charge in [-0.05, 0) is 42.7 Å². The summed E-state index contributed by atoms with van der Waals surface area (Å²) in [5.74, 6) is -0.583. The Bertz CT molecular complexity index is 1430. The molecule has 1 aliphatic carbocycles. The Morgan fingerprint density at radius 3 is 2.54 bits per heavy atom. The first-order valence-corrected chi connectivity index (χ1v) is 13.0. The molecule has 0 bridgehead atoms. The van der Waals surface area contributed by atoms with Crippen molar-refractivity contribution in [3.05, 3.63) is 63.8 Å². The summed E-state index contributed by atoms with van der Waals surface area (Å²) in [4.78, 5) is 14.5. The van der Waals surface area contributed by atoms with Gasteiger partial charge in [-0.25, -0.2) is 13.1 Å². The third kappa shape index (κ3) is 4.76. The number of benzene rings is 2. The van der Waals surface area contributed by atoms with Gasteiger partial charge in [0.25, 0.3) is 5.91 Å².